The molecule has 0 aliphatic heterocycles. The summed E-state index contributed by atoms with van der Waals surface area (Å²) < 4.78 is 0. The van der Waals surface area contributed by atoms with Gasteiger partial charge in [-0.15, -0.1) is 0 Å². The summed E-state index contributed by atoms with van der Waals surface area (Å²) in [6.45, 7) is 6.37. The Morgan fingerprint density at radius 1 is 1.44 bits per heavy atom. The Hall–Kier alpha value is -0.590. The average Bonchev–Trinajstić information content (AvgIpc) is 1.82. The van der Waals surface area contributed by atoms with Crippen LogP contribution in [-0.2, 0) is 0 Å². The Balaban J connectivity index is 4.01. The zero-order valence-corrected chi connectivity index (χ0v) is 6.68. The number of hydrogen-bond acceptors (Lipinski definition) is 1. The molecule has 1 heteroatoms. The molecule has 0 aromatic rings. The van der Waals surface area contributed by atoms with E-state index in [4.69, 9.17) is 0 Å². The third kappa shape index (κ3) is 3.07. The van der Waals surface area contributed by atoms with Gasteiger partial charge in [-0.2, -0.15) is 0 Å². The Kier molecular flexibility index (Phi) is 4.02. The van der Waals surface area contributed by atoms with Crippen LogP contribution in [0.1, 0.15) is 20.8 Å². The number of allylic oxidation sites excluding steroid dienone is 2. The van der Waals surface area contributed by atoms with Crippen molar-refractivity contribution < 1.29 is 0 Å². The van der Waals surface area contributed by atoms with Gasteiger partial charge in [-0.25, -0.2) is 0 Å². The first-order valence-corrected chi connectivity index (χ1v) is 3.30. The van der Waals surface area contributed by atoms with Crippen LogP contribution in [0.3, 0.4) is 0 Å². The molecule has 1 nitrogen and oxygen atoms in total. The van der Waals surface area contributed by atoms with Crippen molar-refractivity contribution in [1.82, 2.24) is 0 Å². The molecule has 0 spiro atoms. The standard InChI is InChI=1S/C8H15N/c1-5-8(6-9-4)7(2)3/h5-7H,1-4H3/b8-5+,9-6-. The Morgan fingerprint density at radius 3 is 2.11 bits per heavy atom. The van der Waals surface area contributed by atoms with Crippen LogP contribution in [-0.4, -0.2) is 13.3 Å². The molecule has 0 aromatic heterocycles. The molecule has 0 amide bonds. The number of nitrogens with zero attached hydrogens (tertiary/aromatic N) is 1. The average molecular weight is 125 g/mol. The Bertz CT molecular complexity index is 121. The smallest absolute Gasteiger partial charge is 0.0277 e. The third-order valence-corrected chi connectivity index (χ3v) is 1.28. The van der Waals surface area contributed by atoms with Crippen molar-refractivity contribution in [2.45, 2.75) is 20.8 Å². The van der Waals surface area contributed by atoms with Gasteiger partial charge in [0.25, 0.3) is 0 Å². The molecular weight excluding hydrogens is 110 g/mol. The molecule has 0 fully saturated rings. The summed E-state index contributed by atoms with van der Waals surface area (Å²) in [5, 5.41) is 0. The lowest BCUT2D eigenvalue weighted by molar-refractivity contribution is 0.804. The van der Waals surface area contributed by atoms with E-state index >= 15 is 0 Å². The van der Waals surface area contributed by atoms with Gasteiger partial charge < -0.3 is 0 Å². The van der Waals surface area contributed by atoms with Crippen molar-refractivity contribution in [2.24, 2.45) is 10.9 Å². The van der Waals surface area contributed by atoms with Gasteiger partial charge in [0, 0.05) is 13.3 Å². The highest BCUT2D eigenvalue weighted by atomic mass is 14.6. The molecule has 52 valence electrons. The number of rotatable bonds is 2. The summed E-state index contributed by atoms with van der Waals surface area (Å²) in [7, 11) is 1.80. The molecule has 9 heavy (non-hydrogen) atoms. The summed E-state index contributed by atoms with van der Waals surface area (Å²) in [4.78, 5) is 3.93. The highest BCUT2D eigenvalue weighted by Gasteiger charge is 1.95. The SMILES string of the molecule is C/C=C(\C=N/C)C(C)C. The zero-order chi connectivity index (χ0) is 7.28. The Labute approximate surface area is 57.5 Å². The van der Waals surface area contributed by atoms with Crippen molar-refractivity contribution in [1.29, 1.82) is 0 Å². The van der Waals surface area contributed by atoms with E-state index in [1.165, 1.54) is 5.57 Å². The fourth-order valence-electron chi connectivity index (χ4n) is 0.706. The van der Waals surface area contributed by atoms with Crippen LogP contribution in [0.4, 0.5) is 0 Å². The normalized spacial score (nSPS) is 13.7. The van der Waals surface area contributed by atoms with Crippen LogP contribution in [0, 0.1) is 5.92 Å². The molecule has 0 saturated carbocycles. The van der Waals surface area contributed by atoms with E-state index in [0.717, 1.165) is 0 Å². The molecule has 0 atom stereocenters. The van der Waals surface area contributed by atoms with Gasteiger partial charge in [0.2, 0.25) is 0 Å². The van der Waals surface area contributed by atoms with Gasteiger partial charge >= 0.3 is 0 Å². The maximum absolute atomic E-state index is 3.93. The second-order valence-corrected chi connectivity index (χ2v) is 2.33. The minimum atomic E-state index is 0.596. The highest BCUT2D eigenvalue weighted by molar-refractivity contribution is 5.78. The first-order chi connectivity index (χ1) is 4.22. The summed E-state index contributed by atoms with van der Waals surface area (Å²) >= 11 is 0. The fourth-order valence-corrected chi connectivity index (χ4v) is 0.706. The van der Waals surface area contributed by atoms with Gasteiger partial charge in [-0.1, -0.05) is 19.9 Å². The Morgan fingerprint density at radius 2 is 2.00 bits per heavy atom. The van der Waals surface area contributed by atoms with Gasteiger partial charge in [-0.05, 0) is 18.4 Å². The van der Waals surface area contributed by atoms with E-state index in [0.29, 0.717) is 5.92 Å². The first kappa shape index (κ1) is 8.41. The third-order valence-electron chi connectivity index (χ3n) is 1.28. The first-order valence-electron chi connectivity index (χ1n) is 3.30. The van der Waals surface area contributed by atoms with Crippen LogP contribution in [0.15, 0.2) is 16.6 Å². The summed E-state index contributed by atoms with van der Waals surface area (Å²) in [5.74, 6) is 0.596. The molecule has 0 bridgehead atoms. The lowest BCUT2D eigenvalue weighted by Crippen LogP contribution is -1.93. The second kappa shape index (κ2) is 4.30. The van der Waals surface area contributed by atoms with Gasteiger partial charge in [0.1, 0.15) is 0 Å². The van der Waals surface area contributed by atoms with E-state index < -0.39 is 0 Å². The van der Waals surface area contributed by atoms with Crippen molar-refractivity contribution in [3.8, 4) is 0 Å². The quantitative estimate of drug-likeness (QED) is 0.502. The van der Waals surface area contributed by atoms with Crippen LogP contribution >= 0.6 is 0 Å². The topological polar surface area (TPSA) is 12.4 Å². The molecule has 0 heterocycles. The van der Waals surface area contributed by atoms with Gasteiger partial charge in [0.05, 0.1) is 0 Å². The van der Waals surface area contributed by atoms with Crippen LogP contribution in [0.5, 0.6) is 0 Å². The monoisotopic (exact) mass is 125 g/mol. The summed E-state index contributed by atoms with van der Waals surface area (Å²) in [6, 6.07) is 0. The van der Waals surface area contributed by atoms with E-state index in [1.54, 1.807) is 7.05 Å². The van der Waals surface area contributed by atoms with E-state index in [2.05, 4.69) is 24.9 Å². The van der Waals surface area contributed by atoms with E-state index in [9.17, 15) is 0 Å². The zero-order valence-electron chi connectivity index (χ0n) is 6.68. The van der Waals surface area contributed by atoms with Crippen LogP contribution in [0.2, 0.25) is 0 Å². The number of aliphatic imine (C=N–C) groups is 1. The molecule has 0 aliphatic carbocycles. The molecular formula is C8H15N. The largest absolute Gasteiger partial charge is 0.296 e. The molecule has 0 unspecified atom stereocenters. The number of hydrogen-bond donors (Lipinski definition) is 0. The molecule has 0 aliphatic rings. The minimum absolute atomic E-state index is 0.596. The van der Waals surface area contributed by atoms with Crippen molar-refractivity contribution in [3.05, 3.63) is 11.6 Å². The summed E-state index contributed by atoms with van der Waals surface area (Å²) in [6.07, 6.45) is 4.00. The second-order valence-electron chi connectivity index (χ2n) is 2.33. The molecule has 0 N–H and O–H groups in total. The molecule has 0 rings (SSSR count). The highest BCUT2D eigenvalue weighted by Crippen LogP contribution is 2.05. The predicted molar refractivity (Wildman–Crippen MR) is 43.0 cm³/mol. The lowest BCUT2D eigenvalue weighted by Gasteiger charge is -2.02. The van der Waals surface area contributed by atoms with Crippen molar-refractivity contribution in [3.63, 3.8) is 0 Å². The molecule has 0 radical (unpaired) electrons. The predicted octanol–water partition coefficient (Wildman–Crippen LogP) is 2.29. The van der Waals surface area contributed by atoms with E-state index in [1.807, 2.05) is 13.1 Å². The van der Waals surface area contributed by atoms with Crippen molar-refractivity contribution >= 4 is 6.21 Å². The lowest BCUT2D eigenvalue weighted by atomic mass is 10.1. The van der Waals surface area contributed by atoms with E-state index in [-0.39, 0.29) is 0 Å². The summed E-state index contributed by atoms with van der Waals surface area (Å²) in [5.41, 5.74) is 1.30. The van der Waals surface area contributed by atoms with Crippen LogP contribution < -0.4 is 0 Å². The van der Waals surface area contributed by atoms with Crippen molar-refractivity contribution in [2.75, 3.05) is 7.05 Å². The van der Waals surface area contributed by atoms with Crippen LogP contribution in [0.25, 0.3) is 0 Å². The maximum atomic E-state index is 3.93. The van der Waals surface area contributed by atoms with Gasteiger partial charge in [0.15, 0.2) is 0 Å². The minimum Gasteiger partial charge on any atom is -0.296 e. The molecule has 0 aromatic carbocycles. The maximum Gasteiger partial charge on any atom is 0.0277 e. The van der Waals surface area contributed by atoms with Gasteiger partial charge in [-0.3, -0.25) is 4.99 Å². The molecule has 0 saturated heterocycles. The fraction of sp³-hybridized carbons (Fsp3) is 0.625.